The summed E-state index contributed by atoms with van der Waals surface area (Å²) < 4.78 is 6.23. The molecule has 2 rings (SSSR count). The molecule has 0 aliphatic heterocycles. The van der Waals surface area contributed by atoms with Gasteiger partial charge in [0.1, 0.15) is 17.8 Å². The molecule has 34 heavy (non-hydrogen) atoms. The number of benzene rings is 2. The summed E-state index contributed by atoms with van der Waals surface area (Å²) in [6.07, 6.45) is 8.04. The molecule has 3 nitrogen and oxygen atoms in total. The van der Waals surface area contributed by atoms with Crippen molar-refractivity contribution in [2.24, 2.45) is 0 Å². The number of Topliss-reactive ketones (excluding diaryl/α,β-unsaturated/α-hetero) is 1. The number of rotatable bonds is 8. The molecule has 2 aromatic carbocycles. The van der Waals surface area contributed by atoms with Crippen LogP contribution in [-0.2, 0) is 16.0 Å². The van der Waals surface area contributed by atoms with Gasteiger partial charge < -0.3 is 14.3 Å². The molecular weight excluding hydrogens is 488 g/mol. The minimum atomic E-state index is 0.289. The van der Waals surface area contributed by atoms with E-state index in [9.17, 15) is 9.59 Å². The first-order valence-corrected chi connectivity index (χ1v) is 13.3. The van der Waals surface area contributed by atoms with Crippen LogP contribution in [0.5, 0.6) is 5.75 Å². The topological polar surface area (TPSA) is 43.4 Å². The number of aldehydes is 1. The van der Waals surface area contributed by atoms with Gasteiger partial charge in [-0.3, -0.25) is 0 Å². The third-order valence-electron chi connectivity index (χ3n) is 4.46. The predicted molar refractivity (Wildman–Crippen MR) is 153 cm³/mol. The molecule has 0 heterocycles. The normalized spacial score (nSPS) is 8.76. The fourth-order valence-electron chi connectivity index (χ4n) is 2.35. The van der Waals surface area contributed by atoms with Gasteiger partial charge in [0.05, 0.1) is 7.11 Å². The van der Waals surface area contributed by atoms with E-state index in [1.165, 1.54) is 36.0 Å². The Bertz CT molecular complexity index is 724. The highest BCUT2D eigenvalue weighted by Crippen LogP contribution is 2.14. The molecule has 0 aliphatic rings. The number of halogens is 1. The van der Waals surface area contributed by atoms with E-state index < -0.39 is 0 Å². The van der Waals surface area contributed by atoms with Crippen LogP contribution in [-0.4, -0.2) is 19.2 Å². The van der Waals surface area contributed by atoms with E-state index in [1.807, 2.05) is 39.8 Å². The van der Waals surface area contributed by atoms with Gasteiger partial charge in [0, 0.05) is 17.3 Å². The molecule has 0 unspecified atom stereocenters. The van der Waals surface area contributed by atoms with Crippen LogP contribution in [0.2, 0.25) is 0 Å². The van der Waals surface area contributed by atoms with E-state index in [4.69, 9.17) is 4.74 Å². The number of ether oxygens (including phenoxy) is 1. The van der Waals surface area contributed by atoms with Crippen LogP contribution in [0.4, 0.5) is 0 Å². The van der Waals surface area contributed by atoms with Crippen LogP contribution in [0.15, 0.2) is 46.9 Å². The zero-order chi connectivity index (χ0) is 26.8. The number of hydrogen-bond donors (Lipinski definition) is 0. The lowest BCUT2D eigenvalue weighted by Crippen LogP contribution is -1.86. The van der Waals surface area contributed by atoms with Gasteiger partial charge in [0.2, 0.25) is 0 Å². The second-order valence-corrected chi connectivity index (χ2v) is 8.50. The molecule has 0 fully saturated rings. The lowest BCUT2D eigenvalue weighted by Gasteiger charge is -2.01. The maximum Gasteiger partial charge on any atom is 0.129 e. The molecule has 0 bridgehead atoms. The number of methoxy groups -OCH3 is 1. The summed E-state index contributed by atoms with van der Waals surface area (Å²) >= 11 is 3.40. The zero-order valence-corrected chi connectivity index (χ0v) is 24.8. The average molecular weight is 538 g/mol. The largest absolute Gasteiger partial charge is 0.497 e. The van der Waals surface area contributed by atoms with E-state index >= 15 is 0 Å². The predicted octanol–water partition coefficient (Wildman–Crippen LogP) is 9.49. The second-order valence-electron chi connectivity index (χ2n) is 7.59. The fraction of sp³-hybridized carbons (Fsp3) is 0.533. The Hall–Kier alpha value is -1.94. The maximum absolute atomic E-state index is 10.0. The third kappa shape index (κ3) is 24.7. The highest BCUT2D eigenvalue weighted by atomic mass is 79.9. The summed E-state index contributed by atoms with van der Waals surface area (Å²) in [6.45, 7) is 16.0. The average Bonchev–Trinajstić information content (AvgIpc) is 2.83. The monoisotopic (exact) mass is 536 g/mol. The summed E-state index contributed by atoms with van der Waals surface area (Å²) in [6, 6.07) is 14.6. The second kappa shape index (κ2) is 27.3. The maximum atomic E-state index is 10.0. The first-order valence-electron chi connectivity index (χ1n) is 12.5. The van der Waals surface area contributed by atoms with E-state index in [0.29, 0.717) is 6.42 Å². The molecule has 0 saturated carbocycles. The molecule has 0 saturated heterocycles. The number of carbonyl (C=O) groups is 2. The molecule has 2 aromatic rings. The Kier molecular flexibility index (Phi) is 29.4. The number of hydrogen-bond acceptors (Lipinski definition) is 3. The lowest BCUT2D eigenvalue weighted by molar-refractivity contribution is -0.117. The molecule has 0 amide bonds. The minimum absolute atomic E-state index is 0.289. The Morgan fingerprint density at radius 1 is 0.912 bits per heavy atom. The SMILES string of the molecule is CC.CCCC(C)=O.CCCC=O.CCCCc1ccc(OC)cc1.Cc1ccc(Br)cc1C. The van der Waals surface area contributed by atoms with Crippen LogP contribution in [0.25, 0.3) is 0 Å². The van der Waals surface area contributed by atoms with Crippen molar-refractivity contribution in [3.63, 3.8) is 0 Å². The molecule has 4 heteroatoms. The smallest absolute Gasteiger partial charge is 0.129 e. The summed E-state index contributed by atoms with van der Waals surface area (Å²) in [7, 11) is 1.70. The van der Waals surface area contributed by atoms with Crippen LogP contribution in [0.3, 0.4) is 0 Å². The van der Waals surface area contributed by atoms with E-state index in [0.717, 1.165) is 35.8 Å². The van der Waals surface area contributed by atoms with Gasteiger partial charge in [-0.2, -0.15) is 0 Å². The van der Waals surface area contributed by atoms with Crippen molar-refractivity contribution in [1.82, 2.24) is 0 Å². The van der Waals surface area contributed by atoms with Gasteiger partial charge in [0.15, 0.2) is 0 Å². The quantitative estimate of drug-likeness (QED) is 0.315. The van der Waals surface area contributed by atoms with Crippen molar-refractivity contribution in [3.05, 3.63) is 63.6 Å². The van der Waals surface area contributed by atoms with E-state index in [-0.39, 0.29) is 5.78 Å². The third-order valence-corrected chi connectivity index (χ3v) is 4.95. The Labute approximate surface area is 218 Å². The molecule has 0 aliphatic carbocycles. The van der Waals surface area contributed by atoms with Crippen molar-refractivity contribution < 1.29 is 14.3 Å². The zero-order valence-electron chi connectivity index (χ0n) is 23.2. The standard InChI is InChI=1S/C11H16O.C8H9Br.C5H10O.C4H8O.C2H6/c1-3-4-5-10-6-8-11(12-2)9-7-10;1-6-3-4-8(9)5-7(6)2;1-3-4-5(2)6;1-2-3-4-5;1-2/h6-9H,3-5H2,1-2H3;3-5H,1-2H3;3-4H2,1-2H3;4H,2-3H2,1H3;1-2H3. The van der Waals surface area contributed by atoms with Crippen molar-refractivity contribution in [1.29, 1.82) is 0 Å². The van der Waals surface area contributed by atoms with Crippen LogP contribution < -0.4 is 4.74 Å². The van der Waals surface area contributed by atoms with Gasteiger partial charge in [-0.05, 0) is 87.4 Å². The number of ketones is 1. The van der Waals surface area contributed by atoms with E-state index in [1.54, 1.807) is 14.0 Å². The van der Waals surface area contributed by atoms with Crippen molar-refractivity contribution >= 4 is 28.0 Å². The first kappa shape index (κ1) is 36.6. The van der Waals surface area contributed by atoms with Gasteiger partial charge in [-0.15, -0.1) is 0 Å². The number of aryl methyl sites for hydroxylation is 3. The Morgan fingerprint density at radius 3 is 1.79 bits per heavy atom. The Morgan fingerprint density at radius 2 is 1.50 bits per heavy atom. The number of unbranched alkanes of at least 4 members (excludes halogenated alkanes) is 2. The molecule has 0 aromatic heterocycles. The van der Waals surface area contributed by atoms with Crippen LogP contribution in [0.1, 0.15) is 96.8 Å². The van der Waals surface area contributed by atoms with Gasteiger partial charge >= 0.3 is 0 Å². The molecular formula is C30H49BrO3. The van der Waals surface area contributed by atoms with Gasteiger partial charge in [-0.1, -0.05) is 75.2 Å². The highest BCUT2D eigenvalue weighted by molar-refractivity contribution is 9.10. The molecule has 0 N–H and O–H groups in total. The summed E-state index contributed by atoms with van der Waals surface area (Å²) in [5, 5.41) is 0. The molecule has 194 valence electrons. The molecule has 0 spiro atoms. The number of carbonyl (C=O) groups excluding carboxylic acids is 2. The minimum Gasteiger partial charge on any atom is -0.497 e. The van der Waals surface area contributed by atoms with Crippen molar-refractivity contribution in [2.75, 3.05) is 7.11 Å². The molecule has 0 radical (unpaired) electrons. The van der Waals surface area contributed by atoms with Gasteiger partial charge in [0.25, 0.3) is 0 Å². The van der Waals surface area contributed by atoms with Gasteiger partial charge in [-0.25, -0.2) is 0 Å². The van der Waals surface area contributed by atoms with Crippen LogP contribution >= 0.6 is 15.9 Å². The fourth-order valence-corrected chi connectivity index (χ4v) is 2.82. The summed E-state index contributed by atoms with van der Waals surface area (Å²) in [5.74, 6) is 1.23. The van der Waals surface area contributed by atoms with Crippen molar-refractivity contribution in [2.45, 2.75) is 100 Å². The van der Waals surface area contributed by atoms with Crippen molar-refractivity contribution in [3.8, 4) is 5.75 Å². The lowest BCUT2D eigenvalue weighted by atomic mass is 10.1. The highest BCUT2D eigenvalue weighted by Gasteiger charge is 1.93. The Balaban J connectivity index is -0.000000388. The molecule has 0 atom stereocenters. The summed E-state index contributed by atoms with van der Waals surface area (Å²) in [4.78, 5) is 19.4. The summed E-state index contributed by atoms with van der Waals surface area (Å²) in [5.41, 5.74) is 4.08. The van der Waals surface area contributed by atoms with Crippen LogP contribution in [0, 0.1) is 13.8 Å². The van der Waals surface area contributed by atoms with E-state index in [2.05, 4.69) is 67.0 Å². The first-order chi connectivity index (χ1) is 16.2.